The lowest BCUT2D eigenvalue weighted by Gasteiger charge is -2.04. The van der Waals surface area contributed by atoms with E-state index in [2.05, 4.69) is 62.4 Å². The molecule has 0 fully saturated rings. The van der Waals surface area contributed by atoms with Gasteiger partial charge in [-0.25, -0.2) is 4.99 Å². The molecule has 22 heavy (non-hydrogen) atoms. The van der Waals surface area contributed by atoms with Gasteiger partial charge in [0.2, 0.25) is 0 Å². The third-order valence-corrected chi connectivity index (χ3v) is 4.15. The van der Waals surface area contributed by atoms with Crippen molar-refractivity contribution < 1.29 is 0 Å². The molecule has 1 aliphatic carbocycles. The Balaban J connectivity index is 2.00. The van der Waals surface area contributed by atoms with Crippen molar-refractivity contribution in [3.8, 4) is 11.1 Å². The summed E-state index contributed by atoms with van der Waals surface area (Å²) in [6, 6.07) is 23.5. The van der Waals surface area contributed by atoms with Crippen LogP contribution in [0.15, 0.2) is 71.7 Å². The molecule has 0 radical (unpaired) electrons. The molecule has 0 aromatic heterocycles. The van der Waals surface area contributed by atoms with Gasteiger partial charge in [-0.3, -0.25) is 0 Å². The maximum absolute atomic E-state index is 4.94. The highest BCUT2D eigenvalue weighted by Gasteiger charge is 2.24. The average molecular weight is 283 g/mol. The maximum Gasteiger partial charge on any atom is 0.0794 e. The van der Waals surface area contributed by atoms with E-state index in [9.17, 15) is 0 Å². The quantitative estimate of drug-likeness (QED) is 0.440. The summed E-state index contributed by atoms with van der Waals surface area (Å²) in [7, 11) is 0. The lowest BCUT2D eigenvalue weighted by atomic mass is 10.0. The molecule has 0 saturated heterocycles. The van der Waals surface area contributed by atoms with Gasteiger partial charge >= 0.3 is 0 Å². The Hall–Kier alpha value is -2.67. The summed E-state index contributed by atoms with van der Waals surface area (Å²) in [5.41, 5.74) is 9.68. The topological polar surface area (TPSA) is 12.4 Å². The molecule has 0 atom stereocenters. The van der Waals surface area contributed by atoms with Gasteiger partial charge in [0.15, 0.2) is 0 Å². The standard InChI is InChI=1S/C21H17N/c1-14-8-10-17-18-11-9-15(2)13-20(18)21(19(17)12-14)22-16-6-4-3-5-7-16/h3-13H,1-2H3. The van der Waals surface area contributed by atoms with Crippen molar-refractivity contribution in [3.63, 3.8) is 0 Å². The number of benzene rings is 3. The maximum atomic E-state index is 4.94. The van der Waals surface area contributed by atoms with Gasteiger partial charge in [-0.2, -0.15) is 0 Å². The van der Waals surface area contributed by atoms with E-state index in [4.69, 9.17) is 4.99 Å². The normalized spacial score (nSPS) is 12.0. The summed E-state index contributed by atoms with van der Waals surface area (Å²) in [5.74, 6) is 0. The number of para-hydroxylation sites is 1. The molecule has 0 N–H and O–H groups in total. The van der Waals surface area contributed by atoms with Gasteiger partial charge in [0.25, 0.3) is 0 Å². The minimum absolute atomic E-state index is 0.999. The van der Waals surface area contributed by atoms with E-state index in [0.29, 0.717) is 0 Å². The second-order valence-corrected chi connectivity index (χ2v) is 5.89. The van der Waals surface area contributed by atoms with E-state index >= 15 is 0 Å². The van der Waals surface area contributed by atoms with Gasteiger partial charge in [0.05, 0.1) is 11.4 Å². The lowest BCUT2D eigenvalue weighted by Crippen LogP contribution is -1.98. The van der Waals surface area contributed by atoms with E-state index in [-0.39, 0.29) is 0 Å². The molecule has 1 heteroatoms. The van der Waals surface area contributed by atoms with Crippen LogP contribution < -0.4 is 0 Å². The van der Waals surface area contributed by atoms with Crippen LogP contribution in [-0.4, -0.2) is 5.71 Å². The largest absolute Gasteiger partial charge is 0.248 e. The first-order valence-corrected chi connectivity index (χ1v) is 7.58. The first kappa shape index (κ1) is 13.0. The first-order valence-electron chi connectivity index (χ1n) is 7.58. The fourth-order valence-corrected chi connectivity index (χ4v) is 3.07. The monoisotopic (exact) mass is 283 g/mol. The number of nitrogens with zero attached hydrogens (tertiary/aromatic N) is 1. The van der Waals surface area contributed by atoms with Gasteiger partial charge in [-0.1, -0.05) is 53.6 Å². The smallest absolute Gasteiger partial charge is 0.0794 e. The molecule has 1 nitrogen and oxygen atoms in total. The predicted octanol–water partition coefficient (Wildman–Crippen LogP) is 5.45. The Labute approximate surface area is 131 Å². The first-order chi connectivity index (χ1) is 10.7. The van der Waals surface area contributed by atoms with Crippen molar-refractivity contribution in [1.82, 2.24) is 0 Å². The Bertz CT molecular complexity index is 836. The third kappa shape index (κ3) is 2.06. The van der Waals surface area contributed by atoms with Gasteiger partial charge in [0.1, 0.15) is 0 Å². The lowest BCUT2D eigenvalue weighted by molar-refractivity contribution is 1.45. The van der Waals surface area contributed by atoms with Crippen LogP contribution in [0.1, 0.15) is 22.3 Å². The van der Waals surface area contributed by atoms with E-state index in [0.717, 1.165) is 11.4 Å². The summed E-state index contributed by atoms with van der Waals surface area (Å²) in [4.78, 5) is 4.94. The highest BCUT2D eigenvalue weighted by Crippen LogP contribution is 2.38. The summed E-state index contributed by atoms with van der Waals surface area (Å²) >= 11 is 0. The van der Waals surface area contributed by atoms with E-state index < -0.39 is 0 Å². The van der Waals surface area contributed by atoms with E-state index in [1.807, 2.05) is 18.2 Å². The summed E-state index contributed by atoms with van der Waals surface area (Å²) in [6.45, 7) is 4.27. The molecule has 106 valence electrons. The molecule has 0 saturated carbocycles. The zero-order valence-electron chi connectivity index (χ0n) is 12.8. The number of aliphatic imine (C=N–C) groups is 1. The van der Waals surface area contributed by atoms with Crippen LogP contribution in [0.5, 0.6) is 0 Å². The SMILES string of the molecule is Cc1ccc2c(c1)C(=Nc1ccccc1)c1cc(C)ccc1-2. The van der Waals surface area contributed by atoms with Gasteiger partial charge in [-0.05, 0) is 49.2 Å². The van der Waals surface area contributed by atoms with Crippen LogP contribution in [0.3, 0.4) is 0 Å². The molecule has 3 aromatic carbocycles. The Kier molecular flexibility index (Phi) is 2.93. The van der Waals surface area contributed by atoms with E-state index in [1.165, 1.54) is 33.4 Å². The summed E-state index contributed by atoms with van der Waals surface area (Å²) < 4.78 is 0. The molecule has 0 spiro atoms. The highest BCUT2D eigenvalue weighted by molar-refractivity contribution is 6.25. The van der Waals surface area contributed by atoms with Crippen molar-refractivity contribution in [1.29, 1.82) is 0 Å². The second kappa shape index (κ2) is 4.96. The Morgan fingerprint density at radius 1 is 0.591 bits per heavy atom. The molecule has 0 aliphatic heterocycles. The second-order valence-electron chi connectivity index (χ2n) is 5.89. The van der Waals surface area contributed by atoms with Crippen LogP contribution in [0.4, 0.5) is 5.69 Å². The Morgan fingerprint density at radius 3 is 1.68 bits per heavy atom. The zero-order chi connectivity index (χ0) is 15.1. The van der Waals surface area contributed by atoms with Crippen LogP contribution in [0.25, 0.3) is 11.1 Å². The van der Waals surface area contributed by atoms with Gasteiger partial charge in [-0.15, -0.1) is 0 Å². The molecule has 1 aliphatic rings. The number of hydrogen-bond donors (Lipinski definition) is 0. The number of hydrogen-bond acceptors (Lipinski definition) is 1. The molecular weight excluding hydrogens is 266 g/mol. The van der Waals surface area contributed by atoms with Crippen molar-refractivity contribution in [3.05, 3.63) is 89.0 Å². The Morgan fingerprint density at radius 2 is 1.14 bits per heavy atom. The molecule has 3 aromatic rings. The third-order valence-electron chi connectivity index (χ3n) is 4.15. The molecule has 0 bridgehead atoms. The van der Waals surface area contributed by atoms with E-state index in [1.54, 1.807) is 0 Å². The molecular formula is C21H17N. The molecule has 0 unspecified atom stereocenters. The number of fused-ring (bicyclic) bond motifs is 3. The predicted molar refractivity (Wildman–Crippen MR) is 93.1 cm³/mol. The fourth-order valence-electron chi connectivity index (χ4n) is 3.07. The van der Waals surface area contributed by atoms with Crippen LogP contribution >= 0.6 is 0 Å². The highest BCUT2D eigenvalue weighted by atomic mass is 14.8. The molecule has 0 heterocycles. The van der Waals surface area contributed by atoms with Crippen molar-refractivity contribution in [2.75, 3.05) is 0 Å². The van der Waals surface area contributed by atoms with Gasteiger partial charge in [0, 0.05) is 11.1 Å². The number of rotatable bonds is 1. The molecule has 4 rings (SSSR count). The van der Waals surface area contributed by atoms with Crippen molar-refractivity contribution in [2.45, 2.75) is 13.8 Å². The van der Waals surface area contributed by atoms with Crippen molar-refractivity contribution >= 4 is 11.4 Å². The van der Waals surface area contributed by atoms with Crippen LogP contribution in [-0.2, 0) is 0 Å². The van der Waals surface area contributed by atoms with Gasteiger partial charge < -0.3 is 0 Å². The summed E-state index contributed by atoms with van der Waals surface area (Å²) in [5, 5.41) is 0. The molecule has 0 amide bonds. The minimum Gasteiger partial charge on any atom is -0.248 e. The van der Waals surface area contributed by atoms with Crippen LogP contribution in [0, 0.1) is 13.8 Å². The zero-order valence-corrected chi connectivity index (χ0v) is 12.8. The minimum atomic E-state index is 0.999. The summed E-state index contributed by atoms with van der Waals surface area (Å²) in [6.07, 6.45) is 0. The fraction of sp³-hybridized carbons (Fsp3) is 0.0952. The van der Waals surface area contributed by atoms with Crippen molar-refractivity contribution in [2.24, 2.45) is 4.99 Å². The average Bonchev–Trinajstić information content (AvgIpc) is 2.81. The van der Waals surface area contributed by atoms with Crippen LogP contribution in [0.2, 0.25) is 0 Å². The number of aryl methyl sites for hydroxylation is 2.